The molecule has 3 aromatic rings. The van der Waals surface area contributed by atoms with E-state index in [-0.39, 0.29) is 18.3 Å². The molecule has 0 radical (unpaired) electrons. The zero-order chi connectivity index (χ0) is 14.7. The van der Waals surface area contributed by atoms with E-state index in [0.29, 0.717) is 10.2 Å². The molecule has 0 spiro atoms. The first kappa shape index (κ1) is 13.8. The Balaban J connectivity index is 1.66. The molecule has 1 aromatic carbocycles. The van der Waals surface area contributed by atoms with Crippen LogP contribution in [0.1, 0.15) is 4.88 Å². The number of anilines is 1. The van der Waals surface area contributed by atoms with Crippen molar-refractivity contribution in [2.45, 2.75) is 6.42 Å². The van der Waals surface area contributed by atoms with Crippen LogP contribution in [0.15, 0.2) is 46.9 Å². The van der Waals surface area contributed by atoms with Crippen LogP contribution in [0.3, 0.4) is 0 Å². The van der Waals surface area contributed by atoms with Crippen LogP contribution < -0.4 is 5.32 Å². The molecular formula is C14H10ClN3O2S. The molecule has 106 valence electrons. The summed E-state index contributed by atoms with van der Waals surface area (Å²) in [5.41, 5.74) is 0.801. The van der Waals surface area contributed by atoms with E-state index < -0.39 is 0 Å². The van der Waals surface area contributed by atoms with Crippen molar-refractivity contribution in [3.05, 3.63) is 51.7 Å². The molecule has 0 bridgehead atoms. The number of aromatic nitrogens is 2. The van der Waals surface area contributed by atoms with Crippen molar-refractivity contribution in [1.29, 1.82) is 0 Å². The van der Waals surface area contributed by atoms with Gasteiger partial charge in [-0.15, -0.1) is 16.4 Å². The second-order valence-electron chi connectivity index (χ2n) is 4.21. The summed E-state index contributed by atoms with van der Waals surface area (Å²) in [4.78, 5) is 12.7. The molecule has 0 aliphatic carbocycles. The van der Waals surface area contributed by atoms with E-state index in [1.54, 1.807) is 6.07 Å². The van der Waals surface area contributed by atoms with Gasteiger partial charge in [-0.1, -0.05) is 34.9 Å². The fourth-order valence-electron chi connectivity index (χ4n) is 1.74. The summed E-state index contributed by atoms with van der Waals surface area (Å²) in [5, 5.41) is 10.3. The number of amides is 1. The lowest BCUT2D eigenvalue weighted by Crippen LogP contribution is -2.13. The Labute approximate surface area is 129 Å². The fraction of sp³-hybridized carbons (Fsp3) is 0.0714. The first-order valence-corrected chi connectivity index (χ1v) is 7.33. The Morgan fingerprint density at radius 2 is 2.00 bits per heavy atom. The van der Waals surface area contributed by atoms with Crippen LogP contribution in [0, 0.1) is 0 Å². The predicted molar refractivity (Wildman–Crippen MR) is 81.4 cm³/mol. The number of carbonyl (C=O) groups excluding carboxylic acids is 1. The van der Waals surface area contributed by atoms with Gasteiger partial charge in [-0.2, -0.15) is 0 Å². The van der Waals surface area contributed by atoms with Gasteiger partial charge >= 0.3 is 6.01 Å². The molecule has 3 rings (SSSR count). The zero-order valence-electron chi connectivity index (χ0n) is 10.7. The van der Waals surface area contributed by atoms with Crippen molar-refractivity contribution < 1.29 is 9.21 Å². The number of nitrogens with one attached hydrogen (secondary N) is 1. The molecule has 21 heavy (non-hydrogen) atoms. The maximum absolute atomic E-state index is 11.9. The molecule has 0 saturated heterocycles. The van der Waals surface area contributed by atoms with Gasteiger partial charge in [-0.25, -0.2) is 0 Å². The predicted octanol–water partition coefficient (Wildman–Crippen LogP) is 3.63. The highest BCUT2D eigenvalue weighted by molar-refractivity contribution is 7.16. The summed E-state index contributed by atoms with van der Waals surface area (Å²) >= 11 is 7.19. The molecule has 0 aliphatic heterocycles. The topological polar surface area (TPSA) is 68.0 Å². The first-order chi connectivity index (χ1) is 10.2. The molecule has 1 amide bonds. The van der Waals surface area contributed by atoms with Crippen molar-refractivity contribution in [2.24, 2.45) is 0 Å². The number of thiophene rings is 1. The van der Waals surface area contributed by atoms with Crippen LogP contribution >= 0.6 is 22.9 Å². The molecule has 0 aliphatic rings. The smallest absolute Gasteiger partial charge is 0.322 e. The minimum Gasteiger partial charge on any atom is -0.403 e. The minimum absolute atomic E-state index is 0.0847. The molecule has 0 saturated carbocycles. The quantitative estimate of drug-likeness (QED) is 0.797. The van der Waals surface area contributed by atoms with Crippen molar-refractivity contribution in [2.75, 3.05) is 5.32 Å². The summed E-state index contributed by atoms with van der Waals surface area (Å²) in [6, 6.07) is 13.0. The maximum atomic E-state index is 11.9. The minimum atomic E-state index is -0.225. The summed E-state index contributed by atoms with van der Waals surface area (Å²) in [6.07, 6.45) is 0.223. The van der Waals surface area contributed by atoms with Crippen molar-refractivity contribution in [1.82, 2.24) is 10.2 Å². The molecule has 2 aromatic heterocycles. The number of hydrogen-bond donors (Lipinski definition) is 1. The van der Waals surface area contributed by atoms with E-state index in [9.17, 15) is 4.79 Å². The van der Waals surface area contributed by atoms with Gasteiger partial charge in [0.2, 0.25) is 11.8 Å². The van der Waals surface area contributed by atoms with E-state index in [0.717, 1.165) is 10.4 Å². The van der Waals surface area contributed by atoms with Crippen LogP contribution in [0.5, 0.6) is 0 Å². The monoisotopic (exact) mass is 319 g/mol. The largest absolute Gasteiger partial charge is 0.403 e. The SMILES string of the molecule is O=C(Cc1ccc(Cl)s1)Nc1nnc(-c2ccccc2)o1. The van der Waals surface area contributed by atoms with Gasteiger partial charge in [-0.05, 0) is 24.3 Å². The Morgan fingerprint density at radius 3 is 2.71 bits per heavy atom. The Kier molecular flexibility index (Phi) is 3.98. The highest BCUT2D eigenvalue weighted by Gasteiger charge is 2.12. The van der Waals surface area contributed by atoms with Crippen LogP contribution in [0.25, 0.3) is 11.5 Å². The van der Waals surface area contributed by atoms with E-state index in [1.165, 1.54) is 11.3 Å². The van der Waals surface area contributed by atoms with E-state index in [4.69, 9.17) is 16.0 Å². The van der Waals surface area contributed by atoms with Gasteiger partial charge in [0.05, 0.1) is 10.8 Å². The molecule has 5 nitrogen and oxygen atoms in total. The van der Waals surface area contributed by atoms with Crippen LogP contribution in [0.2, 0.25) is 4.34 Å². The molecule has 1 N–H and O–H groups in total. The second-order valence-corrected chi connectivity index (χ2v) is 6.01. The Bertz CT molecular complexity index is 754. The lowest BCUT2D eigenvalue weighted by atomic mass is 10.2. The Morgan fingerprint density at radius 1 is 1.19 bits per heavy atom. The van der Waals surface area contributed by atoms with Crippen molar-refractivity contribution >= 4 is 34.9 Å². The molecule has 0 unspecified atom stereocenters. The third-order valence-corrected chi connectivity index (χ3v) is 3.89. The third kappa shape index (κ3) is 3.48. The third-order valence-electron chi connectivity index (χ3n) is 2.66. The number of benzene rings is 1. The number of hydrogen-bond acceptors (Lipinski definition) is 5. The standard InChI is InChI=1S/C14H10ClN3O2S/c15-11-7-6-10(21-11)8-12(19)16-14-18-17-13(20-14)9-4-2-1-3-5-9/h1-7H,8H2,(H,16,18,19). The van der Waals surface area contributed by atoms with E-state index >= 15 is 0 Å². The second kappa shape index (κ2) is 6.07. The van der Waals surface area contributed by atoms with Crippen LogP contribution in [-0.2, 0) is 11.2 Å². The van der Waals surface area contributed by atoms with Crippen LogP contribution in [0.4, 0.5) is 6.01 Å². The Hall–Kier alpha value is -2.18. The van der Waals surface area contributed by atoms with Gasteiger partial charge in [-0.3, -0.25) is 10.1 Å². The molecule has 2 heterocycles. The number of carbonyl (C=O) groups is 1. The van der Waals surface area contributed by atoms with Crippen molar-refractivity contribution in [3.8, 4) is 11.5 Å². The number of nitrogens with zero attached hydrogens (tertiary/aromatic N) is 2. The highest BCUT2D eigenvalue weighted by atomic mass is 35.5. The lowest BCUT2D eigenvalue weighted by Gasteiger charge is -1.98. The van der Waals surface area contributed by atoms with Gasteiger partial charge in [0.1, 0.15) is 0 Å². The zero-order valence-corrected chi connectivity index (χ0v) is 12.3. The molecule has 0 atom stereocenters. The van der Waals surface area contributed by atoms with E-state index in [1.807, 2.05) is 36.4 Å². The van der Waals surface area contributed by atoms with E-state index in [2.05, 4.69) is 15.5 Å². The fourth-order valence-corrected chi connectivity index (χ4v) is 2.83. The number of rotatable bonds is 4. The average Bonchev–Trinajstić information content (AvgIpc) is 3.09. The highest BCUT2D eigenvalue weighted by Crippen LogP contribution is 2.22. The normalized spacial score (nSPS) is 10.5. The molecular weight excluding hydrogens is 310 g/mol. The number of halogens is 1. The summed E-state index contributed by atoms with van der Waals surface area (Å²) < 4.78 is 6.06. The summed E-state index contributed by atoms with van der Waals surface area (Å²) in [5.74, 6) is 0.141. The average molecular weight is 320 g/mol. The lowest BCUT2D eigenvalue weighted by molar-refractivity contribution is -0.115. The van der Waals surface area contributed by atoms with Gasteiger partial charge < -0.3 is 4.42 Å². The molecule has 7 heteroatoms. The first-order valence-electron chi connectivity index (χ1n) is 6.14. The van der Waals surface area contributed by atoms with Crippen molar-refractivity contribution in [3.63, 3.8) is 0 Å². The molecule has 0 fully saturated rings. The van der Waals surface area contributed by atoms with Gasteiger partial charge in [0, 0.05) is 10.4 Å². The van der Waals surface area contributed by atoms with Crippen LogP contribution in [-0.4, -0.2) is 16.1 Å². The van der Waals surface area contributed by atoms with Gasteiger partial charge in [0.15, 0.2) is 0 Å². The summed E-state index contributed by atoms with van der Waals surface area (Å²) in [7, 11) is 0. The van der Waals surface area contributed by atoms with Gasteiger partial charge in [0.25, 0.3) is 0 Å². The summed E-state index contributed by atoms with van der Waals surface area (Å²) in [6.45, 7) is 0. The maximum Gasteiger partial charge on any atom is 0.322 e.